The second-order valence-corrected chi connectivity index (χ2v) is 4.93. The summed E-state index contributed by atoms with van der Waals surface area (Å²) in [5.74, 6) is 0.157. The molecular weight excluding hydrogens is 276 g/mol. The molecule has 0 aromatic heterocycles. The summed E-state index contributed by atoms with van der Waals surface area (Å²) in [6, 6.07) is 9.03. The van der Waals surface area contributed by atoms with Gasteiger partial charge < -0.3 is 9.47 Å². The van der Waals surface area contributed by atoms with Crippen LogP contribution in [0.1, 0.15) is 30.1 Å². The van der Waals surface area contributed by atoms with Crippen LogP contribution in [0.25, 0.3) is 10.8 Å². The lowest BCUT2D eigenvalue weighted by Crippen LogP contribution is -2.09. The predicted molar refractivity (Wildman–Crippen MR) is 80.7 cm³/mol. The maximum Gasteiger partial charge on any atom is 0.342 e. The molecule has 2 aromatic carbocycles. The van der Waals surface area contributed by atoms with Crippen molar-refractivity contribution < 1.29 is 14.3 Å². The van der Waals surface area contributed by atoms with Gasteiger partial charge in [0.15, 0.2) is 0 Å². The van der Waals surface area contributed by atoms with Gasteiger partial charge in [0.05, 0.1) is 13.7 Å². The molecule has 0 aliphatic heterocycles. The van der Waals surface area contributed by atoms with Gasteiger partial charge in [0.2, 0.25) is 0 Å². The Labute approximate surface area is 123 Å². The van der Waals surface area contributed by atoms with Gasteiger partial charge in [0, 0.05) is 10.4 Å². The average molecular weight is 293 g/mol. The number of fused-ring (bicyclic) bond motifs is 1. The van der Waals surface area contributed by atoms with Crippen LogP contribution in [0.4, 0.5) is 0 Å². The third-order valence-electron chi connectivity index (χ3n) is 3.10. The number of methoxy groups -OCH3 is 1. The number of carbonyl (C=O) groups is 1. The van der Waals surface area contributed by atoms with E-state index in [1.54, 1.807) is 19.2 Å². The van der Waals surface area contributed by atoms with E-state index in [1.165, 1.54) is 0 Å². The number of hydrogen-bond donors (Lipinski definition) is 0. The second kappa shape index (κ2) is 6.62. The number of hydrogen-bond acceptors (Lipinski definition) is 3. The topological polar surface area (TPSA) is 35.5 Å². The lowest BCUT2D eigenvalue weighted by molar-refractivity contribution is 0.0498. The zero-order valence-corrected chi connectivity index (χ0v) is 12.4. The molecule has 106 valence electrons. The smallest absolute Gasteiger partial charge is 0.342 e. The van der Waals surface area contributed by atoms with Crippen LogP contribution in [0.15, 0.2) is 30.3 Å². The van der Waals surface area contributed by atoms with E-state index >= 15 is 0 Å². The molecule has 0 bridgehead atoms. The Hall–Kier alpha value is -1.74. The highest BCUT2D eigenvalue weighted by molar-refractivity contribution is 6.31. The Balaban J connectivity index is 2.45. The van der Waals surface area contributed by atoms with Gasteiger partial charge in [-0.05, 0) is 30.0 Å². The number of benzene rings is 2. The van der Waals surface area contributed by atoms with Crippen LogP contribution in [0.5, 0.6) is 5.75 Å². The molecule has 0 saturated heterocycles. The lowest BCUT2D eigenvalue weighted by atomic mass is 10.0. The van der Waals surface area contributed by atoms with Crippen molar-refractivity contribution in [2.24, 2.45) is 0 Å². The minimum atomic E-state index is -0.358. The standard InChI is InChI=1S/C16H17ClO3/c1-3-4-9-20-16(18)15-13-7-6-12(17)10-11(13)5-8-14(15)19-2/h5-8,10H,3-4,9H2,1-2H3. The van der Waals surface area contributed by atoms with E-state index in [4.69, 9.17) is 21.1 Å². The number of halogens is 1. The highest BCUT2D eigenvalue weighted by atomic mass is 35.5. The summed E-state index contributed by atoms with van der Waals surface area (Å²) in [4.78, 5) is 12.3. The highest BCUT2D eigenvalue weighted by Crippen LogP contribution is 2.30. The molecule has 0 amide bonds. The first-order valence-corrected chi connectivity index (χ1v) is 6.98. The molecule has 20 heavy (non-hydrogen) atoms. The van der Waals surface area contributed by atoms with E-state index in [0.29, 0.717) is 22.9 Å². The first-order chi connectivity index (χ1) is 9.67. The van der Waals surface area contributed by atoms with Gasteiger partial charge in [-0.3, -0.25) is 0 Å². The summed E-state index contributed by atoms with van der Waals surface area (Å²) in [6.45, 7) is 2.47. The summed E-state index contributed by atoms with van der Waals surface area (Å²) >= 11 is 5.98. The Kier molecular flexibility index (Phi) is 4.85. The van der Waals surface area contributed by atoms with Gasteiger partial charge in [0.25, 0.3) is 0 Å². The first kappa shape index (κ1) is 14.7. The van der Waals surface area contributed by atoms with Crippen molar-refractivity contribution in [2.75, 3.05) is 13.7 Å². The van der Waals surface area contributed by atoms with Crippen LogP contribution in [0, 0.1) is 0 Å². The highest BCUT2D eigenvalue weighted by Gasteiger charge is 2.17. The number of esters is 1. The van der Waals surface area contributed by atoms with Crippen molar-refractivity contribution in [2.45, 2.75) is 19.8 Å². The van der Waals surface area contributed by atoms with Crippen LogP contribution in [0.2, 0.25) is 5.02 Å². The van der Waals surface area contributed by atoms with Gasteiger partial charge in [-0.2, -0.15) is 0 Å². The fraction of sp³-hybridized carbons (Fsp3) is 0.312. The van der Waals surface area contributed by atoms with Crippen LogP contribution in [-0.2, 0) is 4.74 Å². The zero-order chi connectivity index (χ0) is 14.5. The van der Waals surface area contributed by atoms with Crippen molar-refractivity contribution >= 4 is 28.3 Å². The molecule has 3 nitrogen and oxygen atoms in total. The van der Waals surface area contributed by atoms with E-state index in [9.17, 15) is 4.79 Å². The van der Waals surface area contributed by atoms with Crippen molar-refractivity contribution in [3.63, 3.8) is 0 Å². The molecule has 4 heteroatoms. The molecule has 0 unspecified atom stereocenters. The van der Waals surface area contributed by atoms with E-state index in [1.807, 2.05) is 25.1 Å². The third-order valence-corrected chi connectivity index (χ3v) is 3.33. The van der Waals surface area contributed by atoms with Crippen molar-refractivity contribution in [3.8, 4) is 5.75 Å². The summed E-state index contributed by atoms with van der Waals surface area (Å²) in [5.41, 5.74) is 0.456. The number of carbonyl (C=O) groups excluding carboxylic acids is 1. The Morgan fingerprint density at radius 1 is 1.25 bits per heavy atom. The van der Waals surface area contributed by atoms with Crippen molar-refractivity contribution in [3.05, 3.63) is 40.9 Å². The molecule has 0 aliphatic carbocycles. The molecule has 0 N–H and O–H groups in total. The van der Waals surface area contributed by atoms with Gasteiger partial charge >= 0.3 is 5.97 Å². The van der Waals surface area contributed by atoms with Crippen molar-refractivity contribution in [1.82, 2.24) is 0 Å². The van der Waals surface area contributed by atoms with Crippen LogP contribution in [-0.4, -0.2) is 19.7 Å². The van der Waals surface area contributed by atoms with Gasteiger partial charge in [-0.1, -0.05) is 37.1 Å². The summed E-state index contributed by atoms with van der Waals surface area (Å²) in [5, 5.41) is 2.31. The fourth-order valence-electron chi connectivity index (χ4n) is 2.04. The number of ether oxygens (including phenoxy) is 2. The quantitative estimate of drug-likeness (QED) is 0.603. The fourth-order valence-corrected chi connectivity index (χ4v) is 2.22. The van der Waals surface area contributed by atoms with E-state index in [0.717, 1.165) is 23.6 Å². The molecule has 2 rings (SSSR count). The van der Waals surface area contributed by atoms with E-state index in [2.05, 4.69) is 0 Å². The first-order valence-electron chi connectivity index (χ1n) is 6.60. The van der Waals surface area contributed by atoms with Crippen LogP contribution in [0.3, 0.4) is 0 Å². The zero-order valence-electron chi connectivity index (χ0n) is 11.6. The predicted octanol–water partition coefficient (Wildman–Crippen LogP) is 4.46. The summed E-state index contributed by atoms with van der Waals surface area (Å²) in [6.07, 6.45) is 1.83. The van der Waals surface area contributed by atoms with Gasteiger partial charge in [-0.25, -0.2) is 4.79 Å². The summed E-state index contributed by atoms with van der Waals surface area (Å²) in [7, 11) is 1.54. The molecule has 0 aliphatic rings. The molecule has 0 heterocycles. The molecule has 0 saturated carbocycles. The van der Waals surface area contributed by atoms with Crippen molar-refractivity contribution in [1.29, 1.82) is 0 Å². The van der Waals surface area contributed by atoms with Crippen LogP contribution < -0.4 is 4.74 Å². The SMILES string of the molecule is CCCCOC(=O)c1c(OC)ccc2cc(Cl)ccc12. The molecular formula is C16H17ClO3. The minimum Gasteiger partial charge on any atom is -0.496 e. The number of rotatable bonds is 5. The lowest BCUT2D eigenvalue weighted by Gasteiger charge is -2.12. The van der Waals surface area contributed by atoms with Gasteiger partial charge in [-0.15, -0.1) is 0 Å². The monoisotopic (exact) mass is 292 g/mol. The maximum atomic E-state index is 12.3. The third kappa shape index (κ3) is 3.05. The van der Waals surface area contributed by atoms with Gasteiger partial charge in [0.1, 0.15) is 11.3 Å². The molecule has 0 radical (unpaired) electrons. The molecule has 0 fully saturated rings. The Bertz CT molecular complexity index is 622. The molecule has 0 spiro atoms. The van der Waals surface area contributed by atoms with E-state index < -0.39 is 0 Å². The largest absolute Gasteiger partial charge is 0.496 e. The van der Waals surface area contributed by atoms with E-state index in [-0.39, 0.29) is 5.97 Å². The number of unbranched alkanes of at least 4 members (excludes halogenated alkanes) is 1. The van der Waals surface area contributed by atoms with Crippen LogP contribution >= 0.6 is 11.6 Å². The molecule has 0 atom stereocenters. The Morgan fingerprint density at radius 2 is 2.05 bits per heavy atom. The maximum absolute atomic E-state index is 12.3. The minimum absolute atomic E-state index is 0.358. The normalized spacial score (nSPS) is 10.6. The summed E-state index contributed by atoms with van der Waals surface area (Å²) < 4.78 is 10.6. The molecule has 2 aromatic rings. The average Bonchev–Trinajstić information content (AvgIpc) is 2.45. The Morgan fingerprint density at radius 3 is 2.75 bits per heavy atom. The second-order valence-electron chi connectivity index (χ2n) is 4.50.